The Kier molecular flexibility index (Phi) is 4.03. The third kappa shape index (κ3) is 3.43. The minimum Gasteiger partial charge on any atom is -0.463 e. The van der Waals surface area contributed by atoms with Gasteiger partial charge in [-0.15, -0.1) is 0 Å². The van der Waals surface area contributed by atoms with Gasteiger partial charge in [-0.25, -0.2) is 8.78 Å². The molecule has 0 radical (unpaired) electrons. The van der Waals surface area contributed by atoms with Gasteiger partial charge in [0.05, 0.1) is 19.6 Å². The van der Waals surface area contributed by atoms with E-state index in [0.717, 1.165) is 0 Å². The van der Waals surface area contributed by atoms with E-state index in [1.807, 2.05) is 0 Å². The second kappa shape index (κ2) is 5.07. The highest BCUT2D eigenvalue weighted by Gasteiger charge is 2.09. The fraction of sp³-hybridized carbons (Fsp3) is 0.556. The third-order valence-electron chi connectivity index (χ3n) is 1.79. The van der Waals surface area contributed by atoms with E-state index in [9.17, 15) is 8.78 Å². The van der Waals surface area contributed by atoms with E-state index in [2.05, 4.69) is 0 Å². The summed E-state index contributed by atoms with van der Waals surface area (Å²) in [4.78, 5) is 1.50. The van der Waals surface area contributed by atoms with Gasteiger partial charge in [0, 0.05) is 0 Å². The summed E-state index contributed by atoms with van der Waals surface area (Å²) >= 11 is 0. The number of rotatable bonds is 5. The first-order valence-corrected chi connectivity index (χ1v) is 4.36. The highest BCUT2D eigenvalue weighted by molar-refractivity contribution is 5.06. The molecular formula is C9H14F2N2O. The van der Waals surface area contributed by atoms with E-state index in [-0.39, 0.29) is 6.54 Å². The van der Waals surface area contributed by atoms with Crippen LogP contribution in [0.5, 0.6) is 0 Å². The summed E-state index contributed by atoms with van der Waals surface area (Å²) in [5, 5.41) is 0. The minimum atomic E-state index is -2.32. The molecule has 14 heavy (non-hydrogen) atoms. The Labute approximate surface area is 81.5 Å². The van der Waals surface area contributed by atoms with Crippen LogP contribution in [0.2, 0.25) is 0 Å². The quantitative estimate of drug-likeness (QED) is 0.789. The summed E-state index contributed by atoms with van der Waals surface area (Å²) in [7, 11) is 1.62. The van der Waals surface area contributed by atoms with Gasteiger partial charge in [-0.1, -0.05) is 0 Å². The Balaban J connectivity index is 2.43. The van der Waals surface area contributed by atoms with E-state index in [1.165, 1.54) is 4.90 Å². The van der Waals surface area contributed by atoms with Crippen LogP contribution >= 0.6 is 0 Å². The Hall–Kier alpha value is -0.940. The average Bonchev–Trinajstić information content (AvgIpc) is 2.50. The van der Waals surface area contributed by atoms with Crippen LogP contribution in [0.1, 0.15) is 11.5 Å². The van der Waals surface area contributed by atoms with Gasteiger partial charge < -0.3 is 10.2 Å². The Bertz CT molecular complexity index is 276. The molecule has 0 aliphatic heterocycles. The van der Waals surface area contributed by atoms with Gasteiger partial charge in [-0.2, -0.15) is 0 Å². The van der Waals surface area contributed by atoms with Crippen molar-refractivity contribution in [3.05, 3.63) is 23.7 Å². The van der Waals surface area contributed by atoms with Gasteiger partial charge in [0.15, 0.2) is 0 Å². The van der Waals surface area contributed by atoms with Crippen molar-refractivity contribution in [3.8, 4) is 0 Å². The Morgan fingerprint density at radius 3 is 2.57 bits per heavy atom. The average molecular weight is 204 g/mol. The molecule has 2 N–H and O–H groups in total. The summed E-state index contributed by atoms with van der Waals surface area (Å²) < 4.78 is 29.2. The molecule has 0 bridgehead atoms. The van der Waals surface area contributed by atoms with Crippen molar-refractivity contribution in [1.29, 1.82) is 0 Å². The molecule has 0 atom stereocenters. The zero-order valence-corrected chi connectivity index (χ0v) is 8.04. The van der Waals surface area contributed by atoms with Crippen LogP contribution in [0.4, 0.5) is 8.78 Å². The predicted octanol–water partition coefficient (Wildman–Crippen LogP) is 1.44. The fourth-order valence-corrected chi connectivity index (χ4v) is 1.18. The second-order valence-corrected chi connectivity index (χ2v) is 3.16. The molecular weight excluding hydrogens is 190 g/mol. The number of alkyl halides is 2. The summed E-state index contributed by atoms with van der Waals surface area (Å²) in [6.07, 6.45) is -2.32. The third-order valence-corrected chi connectivity index (χ3v) is 1.79. The number of furan rings is 1. The number of halogens is 2. The zero-order valence-electron chi connectivity index (χ0n) is 8.04. The minimum absolute atomic E-state index is 0.251. The number of hydrogen-bond acceptors (Lipinski definition) is 3. The van der Waals surface area contributed by atoms with Gasteiger partial charge in [-0.05, 0) is 19.2 Å². The first kappa shape index (κ1) is 11.1. The number of nitrogens with zero attached hydrogens (tertiary/aromatic N) is 1. The van der Waals surface area contributed by atoms with Crippen molar-refractivity contribution < 1.29 is 13.2 Å². The Morgan fingerprint density at radius 1 is 1.43 bits per heavy atom. The van der Waals surface area contributed by atoms with Gasteiger partial charge in [0.25, 0.3) is 6.43 Å². The van der Waals surface area contributed by atoms with E-state index >= 15 is 0 Å². The standard InChI is InChI=1S/C9H14F2N2O/c1-13(6-9(10)11)5-8-3-2-7(4-12)14-8/h2-3,9H,4-6,12H2,1H3. The van der Waals surface area contributed by atoms with Gasteiger partial charge >= 0.3 is 0 Å². The molecule has 0 aliphatic rings. The molecule has 80 valence electrons. The monoisotopic (exact) mass is 204 g/mol. The molecule has 0 aliphatic carbocycles. The van der Waals surface area contributed by atoms with Crippen molar-refractivity contribution in [1.82, 2.24) is 4.90 Å². The molecule has 0 saturated heterocycles. The van der Waals surface area contributed by atoms with Crippen molar-refractivity contribution in [3.63, 3.8) is 0 Å². The first-order valence-electron chi connectivity index (χ1n) is 4.36. The molecule has 1 aromatic heterocycles. The van der Waals surface area contributed by atoms with E-state index in [1.54, 1.807) is 19.2 Å². The number of hydrogen-bond donors (Lipinski definition) is 1. The molecule has 1 aromatic rings. The van der Waals surface area contributed by atoms with Crippen molar-refractivity contribution in [2.75, 3.05) is 13.6 Å². The van der Waals surface area contributed by atoms with Crippen LogP contribution in [-0.4, -0.2) is 24.9 Å². The molecule has 0 unspecified atom stereocenters. The summed E-state index contributed by atoms with van der Waals surface area (Å²) in [6, 6.07) is 3.51. The lowest BCUT2D eigenvalue weighted by atomic mass is 10.4. The molecule has 0 aromatic carbocycles. The SMILES string of the molecule is CN(Cc1ccc(CN)o1)CC(F)F. The molecule has 5 heteroatoms. The second-order valence-electron chi connectivity index (χ2n) is 3.16. The molecule has 0 saturated carbocycles. The predicted molar refractivity (Wildman–Crippen MR) is 48.9 cm³/mol. The summed E-state index contributed by atoms with van der Waals surface area (Å²) in [5.41, 5.74) is 5.35. The van der Waals surface area contributed by atoms with Crippen LogP contribution in [-0.2, 0) is 13.1 Å². The molecule has 0 amide bonds. The molecule has 1 heterocycles. The highest BCUT2D eigenvalue weighted by atomic mass is 19.3. The maximum atomic E-state index is 12.0. The maximum Gasteiger partial charge on any atom is 0.251 e. The normalized spacial score (nSPS) is 11.6. The Morgan fingerprint density at radius 2 is 2.07 bits per heavy atom. The van der Waals surface area contributed by atoms with E-state index in [0.29, 0.717) is 24.6 Å². The largest absolute Gasteiger partial charge is 0.463 e. The lowest BCUT2D eigenvalue weighted by Crippen LogP contribution is -2.23. The topological polar surface area (TPSA) is 42.4 Å². The van der Waals surface area contributed by atoms with Crippen molar-refractivity contribution in [2.24, 2.45) is 5.73 Å². The molecule has 0 spiro atoms. The lowest BCUT2D eigenvalue weighted by Gasteiger charge is -2.13. The fourth-order valence-electron chi connectivity index (χ4n) is 1.18. The lowest BCUT2D eigenvalue weighted by molar-refractivity contribution is 0.0945. The van der Waals surface area contributed by atoms with Gasteiger partial charge in [0.2, 0.25) is 0 Å². The summed E-state index contributed by atoms with van der Waals surface area (Å²) in [5.74, 6) is 1.33. The van der Waals surface area contributed by atoms with Crippen LogP contribution in [0.25, 0.3) is 0 Å². The van der Waals surface area contributed by atoms with Crippen LogP contribution in [0.3, 0.4) is 0 Å². The van der Waals surface area contributed by atoms with Crippen LogP contribution < -0.4 is 5.73 Å². The molecule has 3 nitrogen and oxygen atoms in total. The van der Waals surface area contributed by atoms with Crippen LogP contribution in [0.15, 0.2) is 16.5 Å². The summed E-state index contributed by atoms with van der Waals surface area (Å²) in [6.45, 7) is 0.460. The van der Waals surface area contributed by atoms with E-state index < -0.39 is 6.43 Å². The van der Waals surface area contributed by atoms with Crippen LogP contribution in [0, 0.1) is 0 Å². The first-order chi connectivity index (χ1) is 6.61. The van der Waals surface area contributed by atoms with Crippen molar-refractivity contribution in [2.45, 2.75) is 19.5 Å². The molecule has 0 fully saturated rings. The smallest absolute Gasteiger partial charge is 0.251 e. The molecule has 1 rings (SSSR count). The zero-order chi connectivity index (χ0) is 10.6. The maximum absolute atomic E-state index is 12.0. The van der Waals surface area contributed by atoms with Gasteiger partial charge in [-0.3, -0.25) is 4.90 Å². The van der Waals surface area contributed by atoms with Gasteiger partial charge in [0.1, 0.15) is 11.5 Å². The van der Waals surface area contributed by atoms with E-state index in [4.69, 9.17) is 10.2 Å². The highest BCUT2D eigenvalue weighted by Crippen LogP contribution is 2.09. The van der Waals surface area contributed by atoms with Crippen molar-refractivity contribution >= 4 is 0 Å². The number of nitrogens with two attached hydrogens (primary N) is 1.